The molecule has 0 aliphatic heterocycles. The Morgan fingerprint density at radius 3 is 2.55 bits per heavy atom. The van der Waals surface area contributed by atoms with E-state index in [1.807, 2.05) is 12.3 Å². The molecule has 0 aliphatic carbocycles. The smallest absolute Gasteiger partial charge is 0.226 e. The van der Waals surface area contributed by atoms with Gasteiger partial charge in [0.1, 0.15) is 0 Å². The van der Waals surface area contributed by atoms with Gasteiger partial charge in [-0.1, -0.05) is 36.8 Å². The van der Waals surface area contributed by atoms with E-state index in [-0.39, 0.29) is 11.9 Å². The SMILES string of the molecule is CCC(NC(=O)Cc1csc(C)n1)c1ccc(C)cc1. The summed E-state index contributed by atoms with van der Waals surface area (Å²) in [5.74, 6) is 0.0303. The second-order valence-corrected chi connectivity index (χ2v) is 6.04. The Bertz CT molecular complexity index is 574. The molecule has 106 valence electrons. The topological polar surface area (TPSA) is 42.0 Å². The van der Waals surface area contributed by atoms with E-state index in [1.165, 1.54) is 5.56 Å². The van der Waals surface area contributed by atoms with Gasteiger partial charge in [-0.2, -0.15) is 0 Å². The Balaban J connectivity index is 1.99. The van der Waals surface area contributed by atoms with Crippen LogP contribution < -0.4 is 5.32 Å². The van der Waals surface area contributed by atoms with Gasteiger partial charge in [-0.05, 0) is 25.8 Å². The van der Waals surface area contributed by atoms with Gasteiger partial charge in [0.15, 0.2) is 0 Å². The van der Waals surface area contributed by atoms with Crippen LogP contribution in [0.2, 0.25) is 0 Å². The summed E-state index contributed by atoms with van der Waals surface area (Å²) in [5.41, 5.74) is 3.23. The number of amides is 1. The number of thiazole rings is 1. The van der Waals surface area contributed by atoms with Crippen molar-refractivity contribution in [2.75, 3.05) is 0 Å². The Hall–Kier alpha value is -1.68. The molecule has 0 saturated heterocycles. The monoisotopic (exact) mass is 288 g/mol. The second-order valence-electron chi connectivity index (χ2n) is 4.97. The van der Waals surface area contributed by atoms with E-state index in [9.17, 15) is 4.79 Å². The van der Waals surface area contributed by atoms with Gasteiger partial charge >= 0.3 is 0 Å². The minimum Gasteiger partial charge on any atom is -0.349 e. The predicted octanol–water partition coefficient (Wildman–Crippen LogP) is 3.57. The number of nitrogens with one attached hydrogen (secondary N) is 1. The van der Waals surface area contributed by atoms with Crippen LogP contribution in [0.5, 0.6) is 0 Å². The van der Waals surface area contributed by atoms with Crippen molar-refractivity contribution >= 4 is 17.2 Å². The van der Waals surface area contributed by atoms with Crippen molar-refractivity contribution in [3.05, 3.63) is 51.5 Å². The van der Waals surface area contributed by atoms with Crippen molar-refractivity contribution in [3.63, 3.8) is 0 Å². The second kappa shape index (κ2) is 6.66. The van der Waals surface area contributed by atoms with Crippen LogP contribution in [0, 0.1) is 13.8 Å². The van der Waals surface area contributed by atoms with Crippen molar-refractivity contribution in [2.45, 2.75) is 39.7 Å². The summed E-state index contributed by atoms with van der Waals surface area (Å²) in [6, 6.07) is 8.39. The molecule has 20 heavy (non-hydrogen) atoms. The third-order valence-corrected chi connectivity index (χ3v) is 4.05. The van der Waals surface area contributed by atoms with Crippen molar-refractivity contribution in [3.8, 4) is 0 Å². The molecule has 0 fully saturated rings. The van der Waals surface area contributed by atoms with Gasteiger partial charge < -0.3 is 5.32 Å². The number of carbonyl (C=O) groups excluding carboxylic acids is 1. The number of carbonyl (C=O) groups is 1. The lowest BCUT2D eigenvalue weighted by Gasteiger charge is -2.17. The van der Waals surface area contributed by atoms with Crippen molar-refractivity contribution in [1.29, 1.82) is 0 Å². The molecule has 4 heteroatoms. The Labute approximate surface area is 124 Å². The first-order valence-electron chi connectivity index (χ1n) is 6.85. The highest BCUT2D eigenvalue weighted by Gasteiger charge is 2.13. The zero-order valence-corrected chi connectivity index (χ0v) is 13.0. The van der Waals surface area contributed by atoms with Gasteiger partial charge in [0, 0.05) is 5.38 Å². The molecule has 1 atom stereocenters. The number of nitrogens with zero attached hydrogens (tertiary/aromatic N) is 1. The molecule has 0 aliphatic rings. The number of hydrogen-bond acceptors (Lipinski definition) is 3. The van der Waals surface area contributed by atoms with Crippen LogP contribution in [0.1, 0.15) is 41.2 Å². The van der Waals surface area contributed by atoms with Crippen LogP contribution >= 0.6 is 11.3 Å². The van der Waals surface area contributed by atoms with E-state index in [2.05, 4.69) is 48.4 Å². The summed E-state index contributed by atoms with van der Waals surface area (Å²) in [5, 5.41) is 6.03. The normalized spacial score (nSPS) is 12.2. The average molecular weight is 288 g/mol. The number of hydrogen-bond donors (Lipinski definition) is 1. The molecule has 0 bridgehead atoms. The maximum Gasteiger partial charge on any atom is 0.226 e. The Morgan fingerprint density at radius 2 is 2.00 bits per heavy atom. The fourth-order valence-electron chi connectivity index (χ4n) is 2.12. The maximum absolute atomic E-state index is 12.1. The molecule has 1 unspecified atom stereocenters. The Kier molecular flexibility index (Phi) is 4.90. The molecule has 3 nitrogen and oxygen atoms in total. The summed E-state index contributed by atoms with van der Waals surface area (Å²) in [6.45, 7) is 6.10. The van der Waals surface area contributed by atoms with Crippen LogP contribution in [0.4, 0.5) is 0 Å². The highest BCUT2D eigenvalue weighted by Crippen LogP contribution is 2.17. The quantitative estimate of drug-likeness (QED) is 0.914. The third kappa shape index (κ3) is 3.90. The molecule has 2 rings (SSSR count). The number of aromatic nitrogens is 1. The zero-order valence-electron chi connectivity index (χ0n) is 12.1. The number of benzene rings is 1. The van der Waals surface area contributed by atoms with E-state index in [0.717, 1.165) is 22.7 Å². The molecule has 0 radical (unpaired) electrons. The maximum atomic E-state index is 12.1. The first-order chi connectivity index (χ1) is 9.58. The van der Waals surface area contributed by atoms with Crippen molar-refractivity contribution < 1.29 is 4.79 Å². The number of aryl methyl sites for hydroxylation is 2. The van der Waals surface area contributed by atoms with Crippen LogP contribution in [0.25, 0.3) is 0 Å². The fraction of sp³-hybridized carbons (Fsp3) is 0.375. The predicted molar refractivity (Wildman–Crippen MR) is 82.9 cm³/mol. The van der Waals surface area contributed by atoms with Gasteiger partial charge in [-0.15, -0.1) is 11.3 Å². The summed E-state index contributed by atoms with van der Waals surface area (Å²) < 4.78 is 0. The zero-order chi connectivity index (χ0) is 14.5. The van der Waals surface area contributed by atoms with Gasteiger partial charge in [-0.3, -0.25) is 4.79 Å². The van der Waals surface area contributed by atoms with Crippen molar-refractivity contribution in [1.82, 2.24) is 10.3 Å². The molecule has 1 N–H and O–H groups in total. The van der Waals surface area contributed by atoms with E-state index >= 15 is 0 Å². The third-order valence-electron chi connectivity index (χ3n) is 3.23. The molecular formula is C16H20N2OS. The lowest BCUT2D eigenvalue weighted by molar-refractivity contribution is -0.121. The van der Waals surface area contributed by atoms with Gasteiger partial charge in [0.05, 0.1) is 23.2 Å². The minimum atomic E-state index is 0.0303. The highest BCUT2D eigenvalue weighted by atomic mass is 32.1. The first kappa shape index (κ1) is 14.7. The lowest BCUT2D eigenvalue weighted by Crippen LogP contribution is -2.29. The molecular weight excluding hydrogens is 268 g/mol. The summed E-state index contributed by atoms with van der Waals surface area (Å²) in [6.07, 6.45) is 1.23. The fourth-order valence-corrected chi connectivity index (χ4v) is 2.73. The standard InChI is InChI=1S/C16H20N2OS/c1-4-15(13-7-5-11(2)6-8-13)18-16(19)9-14-10-20-12(3)17-14/h5-8,10,15H,4,9H2,1-3H3,(H,18,19). The van der Waals surface area contributed by atoms with Crippen molar-refractivity contribution in [2.24, 2.45) is 0 Å². The first-order valence-corrected chi connectivity index (χ1v) is 7.73. The molecule has 0 saturated carbocycles. The highest BCUT2D eigenvalue weighted by molar-refractivity contribution is 7.09. The molecule has 1 aromatic heterocycles. The van der Waals surface area contributed by atoms with E-state index < -0.39 is 0 Å². The lowest BCUT2D eigenvalue weighted by atomic mass is 10.0. The molecule has 1 aromatic carbocycles. The van der Waals surface area contributed by atoms with Crippen LogP contribution in [-0.2, 0) is 11.2 Å². The van der Waals surface area contributed by atoms with Gasteiger partial charge in [0.25, 0.3) is 0 Å². The van der Waals surface area contributed by atoms with Gasteiger partial charge in [-0.25, -0.2) is 4.98 Å². The molecule has 2 aromatic rings. The molecule has 1 heterocycles. The van der Waals surface area contributed by atoms with E-state index in [1.54, 1.807) is 11.3 Å². The Morgan fingerprint density at radius 1 is 1.30 bits per heavy atom. The summed E-state index contributed by atoms with van der Waals surface area (Å²) in [7, 11) is 0. The molecule has 0 spiro atoms. The molecule has 1 amide bonds. The number of rotatable bonds is 5. The van der Waals surface area contributed by atoms with Crippen LogP contribution in [0.15, 0.2) is 29.6 Å². The largest absolute Gasteiger partial charge is 0.349 e. The van der Waals surface area contributed by atoms with Gasteiger partial charge in [0.2, 0.25) is 5.91 Å². The van der Waals surface area contributed by atoms with Crippen LogP contribution in [0.3, 0.4) is 0 Å². The van der Waals surface area contributed by atoms with E-state index in [4.69, 9.17) is 0 Å². The van der Waals surface area contributed by atoms with Crippen LogP contribution in [-0.4, -0.2) is 10.9 Å². The minimum absolute atomic E-state index is 0.0303. The average Bonchev–Trinajstić information content (AvgIpc) is 2.82. The summed E-state index contributed by atoms with van der Waals surface area (Å²) in [4.78, 5) is 16.4. The van der Waals surface area contributed by atoms with E-state index in [0.29, 0.717) is 6.42 Å². The summed E-state index contributed by atoms with van der Waals surface area (Å²) >= 11 is 1.58.